The Morgan fingerprint density at radius 3 is 0.732 bits per heavy atom. The molecule has 0 radical (unpaired) electrons. The Kier molecular flexibility index (Phi) is 106. The number of thioether (sulfide) groups is 1. The number of carbonyl (C=O) groups is 21. The minimum absolute atomic E-state index is 0.0566. The van der Waals surface area contributed by atoms with E-state index < -0.39 is 41.8 Å². The number of rotatable bonds is 45. The molecule has 123 heavy (non-hydrogen) atoms. The van der Waals surface area contributed by atoms with E-state index in [1.807, 2.05) is 6.26 Å². The van der Waals surface area contributed by atoms with Gasteiger partial charge in [0.1, 0.15) is 33.7 Å². The predicted octanol–water partition coefficient (Wildman–Crippen LogP) is -2.72. The molecule has 0 bridgehead atoms. The number of nitrogens with one attached hydrogen (secondary N) is 8. The van der Waals surface area contributed by atoms with Gasteiger partial charge in [-0.2, -0.15) is 11.8 Å². The summed E-state index contributed by atoms with van der Waals surface area (Å²) in [4.78, 5) is 222. The quantitative estimate of drug-likeness (QED) is 0.0167. The van der Waals surface area contributed by atoms with E-state index in [-0.39, 0.29) is 128 Å². The smallest absolute Gasteiger partial charge is 0.300 e. The summed E-state index contributed by atoms with van der Waals surface area (Å²) < 4.78 is 29.6. The number of carbonyl (C=O) groups excluding carboxylic acids is 14. The van der Waals surface area contributed by atoms with Crippen molar-refractivity contribution in [3.63, 3.8) is 0 Å². The number of imide groups is 3. The molecule has 3 aliphatic heterocycles. The van der Waals surface area contributed by atoms with Gasteiger partial charge in [-0.15, -0.1) is 0 Å². The van der Waals surface area contributed by atoms with Crippen LogP contribution in [0.4, 0.5) is 0 Å². The van der Waals surface area contributed by atoms with Crippen molar-refractivity contribution in [2.75, 3.05) is 145 Å². The molecule has 49 nitrogen and oxygen atoms in total. The second kappa shape index (κ2) is 98.0. The van der Waals surface area contributed by atoms with Crippen molar-refractivity contribution in [1.82, 2.24) is 57.2 Å². The van der Waals surface area contributed by atoms with Crippen LogP contribution in [-0.2, 0) is 129 Å². The number of amides is 14. The minimum atomic E-state index is -0.833. The van der Waals surface area contributed by atoms with Crippen molar-refractivity contribution in [1.29, 1.82) is 0 Å². The van der Waals surface area contributed by atoms with Gasteiger partial charge in [-0.05, 0) is 44.8 Å². The van der Waals surface area contributed by atoms with Gasteiger partial charge in [0.25, 0.3) is 65.4 Å². The maximum absolute atomic E-state index is 11.9. The van der Waals surface area contributed by atoms with Crippen LogP contribution in [0.25, 0.3) is 0 Å². The number of unbranched alkanes of at least 4 members (excludes halogenated alkanes) is 6. The summed E-state index contributed by atoms with van der Waals surface area (Å²) in [7, 11) is 0. The molecule has 1 fully saturated rings. The Hall–Kier alpha value is -11.1. The minimum Gasteiger partial charge on any atom is -0.481 e. The first kappa shape index (κ1) is 133. The summed E-state index contributed by atoms with van der Waals surface area (Å²) in [5.41, 5.74) is 20.2. The van der Waals surface area contributed by atoms with Crippen molar-refractivity contribution >= 4 is 136 Å². The number of likely N-dealkylation sites (tertiary alicyclic amines) is 1. The van der Waals surface area contributed by atoms with E-state index in [4.69, 9.17) is 116 Å². The van der Waals surface area contributed by atoms with Gasteiger partial charge in [0.15, 0.2) is 0 Å². The highest BCUT2D eigenvalue weighted by atomic mass is 32.2. The molecular formula is C73H135N15O34S. The number of aliphatic carboxylic acids is 7. The summed E-state index contributed by atoms with van der Waals surface area (Å²) in [5, 5.41) is 72.2. The van der Waals surface area contributed by atoms with Gasteiger partial charge < -0.3 is 130 Å². The molecule has 1 atom stereocenters. The number of carboxylic acids is 7. The Labute approximate surface area is 719 Å². The lowest BCUT2D eigenvalue weighted by Gasteiger charge is -2.14. The van der Waals surface area contributed by atoms with Crippen LogP contribution in [0.5, 0.6) is 0 Å². The van der Waals surface area contributed by atoms with E-state index in [1.54, 1.807) is 0 Å². The van der Waals surface area contributed by atoms with Crippen molar-refractivity contribution in [3.8, 4) is 0 Å². The Morgan fingerprint density at radius 1 is 0.333 bits per heavy atom. The van der Waals surface area contributed by atoms with Crippen molar-refractivity contribution in [3.05, 3.63) is 24.3 Å². The third kappa shape index (κ3) is 134. The van der Waals surface area contributed by atoms with Gasteiger partial charge in [0, 0.05) is 192 Å². The normalized spacial score (nSPS) is 11.7. The molecule has 712 valence electrons. The van der Waals surface area contributed by atoms with E-state index >= 15 is 0 Å². The molecule has 3 heterocycles. The Balaban J connectivity index is -0.000000152. The van der Waals surface area contributed by atoms with Crippen molar-refractivity contribution in [2.24, 2.45) is 22.9 Å². The van der Waals surface area contributed by atoms with Crippen LogP contribution in [0.2, 0.25) is 0 Å². The molecule has 0 aliphatic carbocycles. The van der Waals surface area contributed by atoms with Crippen LogP contribution < -0.4 is 65.5 Å². The van der Waals surface area contributed by atoms with Crippen LogP contribution in [0.3, 0.4) is 0 Å². The van der Waals surface area contributed by atoms with Gasteiger partial charge >= 0.3 is 0 Å². The van der Waals surface area contributed by atoms with Crippen LogP contribution in [-0.4, -0.2) is 325 Å². The van der Waals surface area contributed by atoms with Gasteiger partial charge in [0.2, 0.25) is 59.1 Å². The molecule has 1 saturated heterocycles. The predicted molar refractivity (Wildman–Crippen MR) is 443 cm³/mol. The summed E-state index contributed by atoms with van der Waals surface area (Å²) in [6, 6.07) is 0. The van der Waals surface area contributed by atoms with E-state index in [0.29, 0.717) is 163 Å². The van der Waals surface area contributed by atoms with Crippen LogP contribution in [0.15, 0.2) is 24.3 Å². The molecule has 3 aliphatic rings. The average molecular weight is 1800 g/mol. The number of hydrogen-bond acceptors (Lipinski definition) is 32. The Morgan fingerprint density at radius 2 is 0.545 bits per heavy atom. The average Bonchev–Trinajstić information content (AvgIpc) is 1.70. The second-order valence-electron chi connectivity index (χ2n) is 23.6. The standard InChI is InChI=1S/C16H27N3O5S.2C15H23N3O5.2C5H12N2O2.C3H10N2O.7C2H4O2/c1-12(20)18-11-24-9-7-17-14(21)6-4-3-5-8-19-15(22)10-13(25-2)16(19)23;2*1-12(19)17-11-23-10-8-16-13(20)5-3-2-4-9-18-14(21)6-7-15(18)22;2*1-5(8)7-4-9-3-2-6;4-1-2-6-3-5;7*1-2(3)4/h13H,3-11H2,1-2H3,(H,17,21)(H,18,20);2*6-7H,2-5,8-11H2,1H3,(H,16,20)(H,17,19);2*2-4,6H2,1H3,(H,7,8);1-5H2;7*1H3,(H,3,4). The molecule has 0 aromatic carbocycles. The zero-order valence-electron chi connectivity index (χ0n) is 72.6. The zero-order valence-corrected chi connectivity index (χ0v) is 73.5. The maximum Gasteiger partial charge on any atom is 0.300 e. The molecule has 0 spiro atoms. The highest BCUT2D eigenvalue weighted by Crippen LogP contribution is 2.23. The number of nitrogens with zero attached hydrogens (tertiary/aromatic N) is 3. The number of nitrogens with two attached hydrogens (primary N) is 4. The third-order valence-corrected chi connectivity index (χ3v) is 12.8. The van der Waals surface area contributed by atoms with E-state index in [1.165, 1.54) is 85.4 Å². The third-order valence-electron chi connectivity index (χ3n) is 11.9. The molecule has 3 rings (SSSR count). The molecule has 0 aromatic rings. The summed E-state index contributed by atoms with van der Waals surface area (Å²) in [6.45, 7) is 22.3. The monoisotopic (exact) mass is 1800 g/mol. The largest absolute Gasteiger partial charge is 0.481 e. The van der Waals surface area contributed by atoms with Gasteiger partial charge in [0.05, 0.1) is 51.6 Å². The number of ether oxygens (including phenoxy) is 6. The lowest BCUT2D eigenvalue weighted by Crippen LogP contribution is -2.32. The van der Waals surface area contributed by atoms with Crippen LogP contribution >= 0.6 is 11.8 Å². The lowest BCUT2D eigenvalue weighted by molar-refractivity contribution is -0.139. The highest BCUT2D eigenvalue weighted by Gasteiger charge is 2.37. The fourth-order valence-electron chi connectivity index (χ4n) is 7.08. The zero-order chi connectivity index (χ0) is 96.9. The SMILES string of the molecule is CC(=O)NCOCCN.CC(=O)NCOCCN.CC(=O)NCOCCNC(=O)CCCCCN1C(=O)C=CC1=O.CC(=O)NCOCCNC(=O)CCCCCN1C(=O)C=CC1=O.CC(=O)O.CC(=O)O.CC(=O)O.CC(=O)O.CC(=O)O.CC(=O)O.CC(=O)O.CSC1CC(=O)N(CCCCCC(=O)NCCOCNC(C)=O)C1=O.NCCOCN. The van der Waals surface area contributed by atoms with E-state index in [2.05, 4.69) is 47.3 Å². The van der Waals surface area contributed by atoms with Crippen molar-refractivity contribution < 1.29 is 165 Å². The molecule has 0 aromatic heterocycles. The van der Waals surface area contributed by atoms with Gasteiger partial charge in [-0.3, -0.25) is 115 Å². The highest BCUT2D eigenvalue weighted by molar-refractivity contribution is 8.00. The summed E-state index contributed by atoms with van der Waals surface area (Å²) >= 11 is 1.41. The summed E-state index contributed by atoms with van der Waals surface area (Å²) in [5.74, 6) is -7.97. The van der Waals surface area contributed by atoms with Crippen molar-refractivity contribution in [2.45, 2.75) is 172 Å². The number of hydrogen-bond donors (Lipinski definition) is 19. The first-order chi connectivity index (χ1) is 57.5. The first-order valence-electron chi connectivity index (χ1n) is 37.6. The second-order valence-corrected chi connectivity index (χ2v) is 24.7. The Bertz CT molecular complexity index is 2790. The van der Waals surface area contributed by atoms with Gasteiger partial charge in [-0.25, -0.2) is 0 Å². The van der Waals surface area contributed by atoms with Gasteiger partial charge in [-0.1, -0.05) is 19.3 Å². The first-order valence-corrected chi connectivity index (χ1v) is 38.9. The van der Waals surface area contributed by atoms with E-state index in [0.717, 1.165) is 67.7 Å². The molecule has 14 amide bonds. The maximum atomic E-state index is 11.9. The summed E-state index contributed by atoms with van der Waals surface area (Å²) in [6.07, 6.45) is 14.9. The molecular weight excluding hydrogens is 1660 g/mol. The topological polar surface area (TPSA) is 766 Å². The van der Waals surface area contributed by atoms with Crippen LogP contribution in [0.1, 0.15) is 167 Å². The van der Waals surface area contributed by atoms with E-state index in [9.17, 15) is 67.1 Å². The molecule has 0 saturated carbocycles. The van der Waals surface area contributed by atoms with Crippen LogP contribution in [0, 0.1) is 0 Å². The molecule has 23 N–H and O–H groups in total. The fourth-order valence-corrected chi connectivity index (χ4v) is 7.72. The molecule has 50 heteroatoms. The molecule has 1 unspecified atom stereocenters. The number of carboxylic acid groups (broad SMARTS) is 7. The fraction of sp³-hybridized carbons (Fsp3) is 0.658. The lowest BCUT2D eigenvalue weighted by atomic mass is 10.2.